The molecule has 0 unspecified atom stereocenters. The minimum atomic E-state index is -0.00208. The summed E-state index contributed by atoms with van der Waals surface area (Å²) >= 11 is 0. The van der Waals surface area contributed by atoms with Gasteiger partial charge in [0.25, 0.3) is 0 Å². The first kappa shape index (κ1) is 10.8. The van der Waals surface area contributed by atoms with E-state index in [2.05, 4.69) is 4.99 Å². The SMILES string of the molecule is C=O.NC(N)=NCCO. The first-order valence-electron chi connectivity index (χ1n) is 2.22. The Labute approximate surface area is 53.4 Å². The summed E-state index contributed by atoms with van der Waals surface area (Å²) in [7, 11) is 0. The molecule has 5 N–H and O–H groups in total. The van der Waals surface area contributed by atoms with Gasteiger partial charge in [-0.05, 0) is 0 Å². The van der Waals surface area contributed by atoms with Crippen LogP contribution in [0.4, 0.5) is 0 Å². The van der Waals surface area contributed by atoms with Crippen molar-refractivity contribution >= 4 is 12.7 Å². The number of aliphatic hydroxyl groups is 1. The predicted molar refractivity (Wildman–Crippen MR) is 34.9 cm³/mol. The first-order valence-corrected chi connectivity index (χ1v) is 2.22. The Morgan fingerprint density at radius 1 is 1.56 bits per heavy atom. The Bertz CT molecular complexity index is 79.9. The van der Waals surface area contributed by atoms with E-state index < -0.39 is 0 Å². The van der Waals surface area contributed by atoms with Crippen LogP contribution in [0.15, 0.2) is 4.99 Å². The van der Waals surface area contributed by atoms with Crippen molar-refractivity contribution in [3.8, 4) is 0 Å². The van der Waals surface area contributed by atoms with Crippen molar-refractivity contribution < 1.29 is 9.90 Å². The third-order valence-electron chi connectivity index (χ3n) is 0.394. The minimum Gasteiger partial charge on any atom is -0.394 e. The van der Waals surface area contributed by atoms with Crippen molar-refractivity contribution in [2.45, 2.75) is 0 Å². The van der Waals surface area contributed by atoms with Crippen LogP contribution in [-0.2, 0) is 4.79 Å². The molecule has 0 aromatic heterocycles. The molecule has 0 amide bonds. The fraction of sp³-hybridized carbons (Fsp3) is 0.500. The number of carbonyl (C=O) groups excluding carboxylic acids is 1. The molecule has 5 heteroatoms. The fourth-order valence-electron chi connectivity index (χ4n) is 0.179. The summed E-state index contributed by atoms with van der Waals surface area (Å²) in [5, 5.41) is 8.10. The van der Waals surface area contributed by atoms with E-state index in [0.29, 0.717) is 6.54 Å². The highest BCUT2D eigenvalue weighted by Crippen LogP contribution is 1.61. The number of aliphatic hydroxyl groups excluding tert-OH is 1. The van der Waals surface area contributed by atoms with Crippen LogP contribution in [0.2, 0.25) is 0 Å². The number of nitrogens with two attached hydrogens (primary N) is 2. The molecule has 0 radical (unpaired) electrons. The molecule has 5 nitrogen and oxygen atoms in total. The van der Waals surface area contributed by atoms with E-state index in [1.807, 2.05) is 6.79 Å². The Hall–Kier alpha value is -1.10. The maximum absolute atomic E-state index is 8.10. The van der Waals surface area contributed by atoms with E-state index in [1.54, 1.807) is 0 Å². The molecule has 0 saturated carbocycles. The average molecular weight is 133 g/mol. The van der Waals surface area contributed by atoms with Gasteiger partial charge in [-0.25, -0.2) is 0 Å². The van der Waals surface area contributed by atoms with Gasteiger partial charge in [0.15, 0.2) is 5.96 Å². The summed E-state index contributed by atoms with van der Waals surface area (Å²) in [5.41, 5.74) is 9.79. The molecule has 0 aliphatic heterocycles. The summed E-state index contributed by atoms with van der Waals surface area (Å²) in [6, 6.07) is 0. The predicted octanol–water partition coefficient (Wildman–Crippen LogP) is -1.93. The third-order valence-corrected chi connectivity index (χ3v) is 0.394. The number of carbonyl (C=O) groups is 1. The molecule has 0 aliphatic rings. The van der Waals surface area contributed by atoms with Gasteiger partial charge in [-0.3, -0.25) is 4.99 Å². The van der Waals surface area contributed by atoms with E-state index in [4.69, 9.17) is 21.4 Å². The lowest BCUT2D eigenvalue weighted by molar-refractivity contribution is -0.0979. The van der Waals surface area contributed by atoms with Gasteiger partial charge < -0.3 is 21.4 Å². The number of rotatable bonds is 2. The molecule has 0 aromatic carbocycles. The standard InChI is InChI=1S/C3H9N3O.CH2O/c4-3(5)6-1-2-7;1-2/h7H,1-2H2,(H4,4,5,6);1H2. The van der Waals surface area contributed by atoms with Gasteiger partial charge in [0.2, 0.25) is 0 Å². The lowest BCUT2D eigenvalue weighted by Gasteiger charge is -1.86. The smallest absolute Gasteiger partial charge is 0.185 e. The van der Waals surface area contributed by atoms with Gasteiger partial charge in [0.1, 0.15) is 6.79 Å². The van der Waals surface area contributed by atoms with Gasteiger partial charge in [0.05, 0.1) is 13.2 Å². The van der Waals surface area contributed by atoms with Gasteiger partial charge >= 0.3 is 0 Å². The van der Waals surface area contributed by atoms with Crippen LogP contribution in [0.1, 0.15) is 0 Å². The number of aliphatic imine (C=N–C) groups is 1. The lowest BCUT2D eigenvalue weighted by atomic mass is 10.7. The minimum absolute atomic E-state index is 0.00208. The normalized spacial score (nSPS) is 6.78. The summed E-state index contributed by atoms with van der Waals surface area (Å²) in [6.45, 7) is 2.29. The van der Waals surface area contributed by atoms with Crippen LogP contribution in [0.5, 0.6) is 0 Å². The average Bonchev–Trinajstić information content (AvgIpc) is 1.88. The second kappa shape index (κ2) is 10.0. The van der Waals surface area contributed by atoms with E-state index in [9.17, 15) is 0 Å². The largest absolute Gasteiger partial charge is 0.394 e. The molecule has 0 aromatic rings. The van der Waals surface area contributed by atoms with Crippen LogP contribution >= 0.6 is 0 Å². The lowest BCUT2D eigenvalue weighted by Crippen LogP contribution is -2.23. The molecule has 0 heterocycles. The first-order chi connectivity index (χ1) is 4.27. The summed E-state index contributed by atoms with van der Waals surface area (Å²) < 4.78 is 0. The zero-order valence-electron chi connectivity index (χ0n) is 5.08. The zero-order valence-corrected chi connectivity index (χ0v) is 5.08. The highest BCUT2D eigenvalue weighted by molar-refractivity contribution is 5.75. The number of guanidine groups is 1. The molecule has 0 spiro atoms. The van der Waals surface area contributed by atoms with E-state index in [0.717, 1.165) is 0 Å². The molecule has 54 valence electrons. The van der Waals surface area contributed by atoms with Gasteiger partial charge in [0, 0.05) is 0 Å². The van der Waals surface area contributed by atoms with Crippen LogP contribution in [0.3, 0.4) is 0 Å². The second-order valence-electron chi connectivity index (χ2n) is 1.03. The molecule has 0 rings (SSSR count). The van der Waals surface area contributed by atoms with Gasteiger partial charge in [-0.2, -0.15) is 0 Å². The van der Waals surface area contributed by atoms with E-state index >= 15 is 0 Å². The topological polar surface area (TPSA) is 102 Å². The van der Waals surface area contributed by atoms with E-state index in [1.165, 1.54) is 0 Å². The molecule has 9 heavy (non-hydrogen) atoms. The van der Waals surface area contributed by atoms with Crippen molar-refractivity contribution in [2.24, 2.45) is 16.5 Å². The molecule has 0 bridgehead atoms. The highest BCUT2D eigenvalue weighted by atomic mass is 16.3. The van der Waals surface area contributed by atoms with Crippen molar-refractivity contribution in [3.63, 3.8) is 0 Å². The maximum atomic E-state index is 8.10. The van der Waals surface area contributed by atoms with Crippen molar-refractivity contribution in [2.75, 3.05) is 13.2 Å². The Morgan fingerprint density at radius 3 is 2.11 bits per heavy atom. The Kier molecular flexibility index (Phi) is 12.0. The zero-order chi connectivity index (χ0) is 7.70. The number of nitrogens with zero attached hydrogens (tertiary/aromatic N) is 1. The molecule has 0 fully saturated rings. The quantitative estimate of drug-likeness (QED) is 0.301. The summed E-state index contributed by atoms with van der Waals surface area (Å²) in [5.74, 6) is 0.0223. The van der Waals surface area contributed by atoms with Crippen LogP contribution < -0.4 is 11.5 Å². The van der Waals surface area contributed by atoms with Crippen LogP contribution in [0.25, 0.3) is 0 Å². The number of hydrogen-bond acceptors (Lipinski definition) is 3. The monoisotopic (exact) mass is 133 g/mol. The van der Waals surface area contributed by atoms with Gasteiger partial charge in [-0.1, -0.05) is 0 Å². The Balaban J connectivity index is 0. The Morgan fingerprint density at radius 2 is 2.00 bits per heavy atom. The number of hydrogen-bond donors (Lipinski definition) is 3. The molecular weight excluding hydrogens is 122 g/mol. The maximum Gasteiger partial charge on any atom is 0.185 e. The highest BCUT2D eigenvalue weighted by Gasteiger charge is 1.75. The fourth-order valence-corrected chi connectivity index (χ4v) is 0.179. The molecule has 0 atom stereocenters. The van der Waals surface area contributed by atoms with Gasteiger partial charge in [-0.15, -0.1) is 0 Å². The molecular formula is C4H11N3O2. The summed E-state index contributed by atoms with van der Waals surface area (Å²) in [6.07, 6.45) is 0. The van der Waals surface area contributed by atoms with E-state index in [-0.39, 0.29) is 12.6 Å². The summed E-state index contributed by atoms with van der Waals surface area (Å²) in [4.78, 5) is 11.5. The second-order valence-corrected chi connectivity index (χ2v) is 1.03. The van der Waals surface area contributed by atoms with Crippen molar-refractivity contribution in [1.29, 1.82) is 0 Å². The molecule has 0 saturated heterocycles. The molecule has 0 aliphatic carbocycles. The van der Waals surface area contributed by atoms with Crippen LogP contribution in [-0.4, -0.2) is 31.0 Å². The van der Waals surface area contributed by atoms with Crippen molar-refractivity contribution in [3.05, 3.63) is 0 Å². The van der Waals surface area contributed by atoms with Crippen molar-refractivity contribution in [1.82, 2.24) is 0 Å². The van der Waals surface area contributed by atoms with Crippen LogP contribution in [0, 0.1) is 0 Å². The third kappa shape index (κ3) is 19.7.